The number of nitrogens with zero attached hydrogens (tertiary/aromatic N) is 5. The summed E-state index contributed by atoms with van der Waals surface area (Å²) >= 11 is 0. The highest BCUT2D eigenvalue weighted by Gasteiger charge is 2.12. The maximum absolute atomic E-state index is 12.2. The Kier molecular flexibility index (Phi) is 6.11. The Balaban J connectivity index is 1.94. The van der Waals surface area contributed by atoms with E-state index in [1.165, 1.54) is 0 Å². The average molecular weight is 332 g/mol. The molecule has 24 heavy (non-hydrogen) atoms. The standard InChI is InChI=1S/C16H24N6O2/c1-5-9-22(6-2)13-8-7-12(10-17-13)15(23)18-11-14-19-16(20-24-14)21(3)4/h7-8,10H,5-6,9,11H2,1-4H3,(H,18,23). The Bertz CT molecular complexity index is 653. The lowest BCUT2D eigenvalue weighted by Gasteiger charge is -2.21. The molecule has 1 N–H and O–H groups in total. The number of carbonyl (C=O) groups is 1. The fraction of sp³-hybridized carbons (Fsp3) is 0.500. The van der Waals surface area contributed by atoms with E-state index in [0.717, 1.165) is 25.3 Å². The first-order valence-electron chi connectivity index (χ1n) is 8.04. The first-order chi connectivity index (χ1) is 11.5. The third-order valence-corrected chi connectivity index (χ3v) is 3.47. The fourth-order valence-corrected chi connectivity index (χ4v) is 2.17. The number of aromatic nitrogens is 3. The van der Waals surface area contributed by atoms with Crippen molar-refractivity contribution in [3.8, 4) is 0 Å². The number of pyridine rings is 1. The smallest absolute Gasteiger partial charge is 0.265 e. The molecule has 0 fully saturated rings. The summed E-state index contributed by atoms with van der Waals surface area (Å²) in [6.07, 6.45) is 2.64. The molecule has 0 aliphatic rings. The van der Waals surface area contributed by atoms with Gasteiger partial charge in [0.25, 0.3) is 11.9 Å². The molecule has 0 aliphatic heterocycles. The predicted octanol–water partition coefficient (Wildman–Crippen LogP) is 1.70. The minimum absolute atomic E-state index is 0.179. The summed E-state index contributed by atoms with van der Waals surface area (Å²) < 4.78 is 5.06. The van der Waals surface area contributed by atoms with Crippen LogP contribution in [0.3, 0.4) is 0 Å². The molecule has 1 amide bonds. The maximum atomic E-state index is 12.2. The van der Waals surface area contributed by atoms with E-state index in [-0.39, 0.29) is 12.5 Å². The molecule has 8 nitrogen and oxygen atoms in total. The first-order valence-corrected chi connectivity index (χ1v) is 8.04. The molecular formula is C16H24N6O2. The summed E-state index contributed by atoms with van der Waals surface area (Å²) in [5.74, 6) is 1.48. The largest absolute Gasteiger partial charge is 0.357 e. The van der Waals surface area contributed by atoms with Gasteiger partial charge in [-0.25, -0.2) is 4.98 Å². The van der Waals surface area contributed by atoms with E-state index in [0.29, 0.717) is 17.4 Å². The lowest BCUT2D eigenvalue weighted by Crippen LogP contribution is -2.26. The summed E-state index contributed by atoms with van der Waals surface area (Å²) in [4.78, 5) is 24.6. The Morgan fingerprint density at radius 1 is 1.29 bits per heavy atom. The molecule has 0 aromatic carbocycles. The lowest BCUT2D eigenvalue weighted by molar-refractivity contribution is 0.0946. The van der Waals surface area contributed by atoms with Crippen molar-refractivity contribution in [3.63, 3.8) is 0 Å². The fourth-order valence-electron chi connectivity index (χ4n) is 2.17. The van der Waals surface area contributed by atoms with Crippen LogP contribution >= 0.6 is 0 Å². The normalized spacial score (nSPS) is 10.5. The Morgan fingerprint density at radius 3 is 2.62 bits per heavy atom. The van der Waals surface area contributed by atoms with Gasteiger partial charge < -0.3 is 19.6 Å². The molecule has 2 rings (SSSR count). The quantitative estimate of drug-likeness (QED) is 0.787. The van der Waals surface area contributed by atoms with Crippen LogP contribution in [0.15, 0.2) is 22.9 Å². The molecule has 0 bridgehead atoms. The Labute approximate surface area is 141 Å². The average Bonchev–Trinajstić information content (AvgIpc) is 3.07. The first kappa shape index (κ1) is 17.7. The Hall–Kier alpha value is -2.64. The molecule has 0 saturated carbocycles. The van der Waals surface area contributed by atoms with Crippen molar-refractivity contribution in [3.05, 3.63) is 29.8 Å². The molecule has 0 unspecified atom stereocenters. The van der Waals surface area contributed by atoms with Gasteiger partial charge in [0, 0.05) is 33.4 Å². The van der Waals surface area contributed by atoms with Gasteiger partial charge in [0.2, 0.25) is 5.89 Å². The number of hydrogen-bond acceptors (Lipinski definition) is 7. The molecule has 2 heterocycles. The molecule has 8 heteroatoms. The molecule has 0 radical (unpaired) electrons. The van der Waals surface area contributed by atoms with Crippen molar-refractivity contribution in [2.45, 2.75) is 26.8 Å². The van der Waals surface area contributed by atoms with Gasteiger partial charge in [-0.2, -0.15) is 4.98 Å². The van der Waals surface area contributed by atoms with Gasteiger partial charge >= 0.3 is 0 Å². The summed E-state index contributed by atoms with van der Waals surface area (Å²) in [5, 5.41) is 6.54. The van der Waals surface area contributed by atoms with E-state index in [1.54, 1.807) is 17.2 Å². The van der Waals surface area contributed by atoms with E-state index in [9.17, 15) is 4.79 Å². The zero-order chi connectivity index (χ0) is 17.5. The van der Waals surface area contributed by atoms with Crippen LogP contribution in [0.1, 0.15) is 36.5 Å². The van der Waals surface area contributed by atoms with Crippen molar-refractivity contribution < 1.29 is 9.32 Å². The second kappa shape index (κ2) is 8.28. The zero-order valence-electron chi connectivity index (χ0n) is 14.6. The highest BCUT2D eigenvalue weighted by atomic mass is 16.5. The molecule has 0 atom stereocenters. The van der Waals surface area contributed by atoms with Gasteiger partial charge in [-0.3, -0.25) is 4.79 Å². The number of carbonyl (C=O) groups excluding carboxylic acids is 1. The van der Waals surface area contributed by atoms with E-state index in [1.807, 2.05) is 20.2 Å². The molecule has 0 aliphatic carbocycles. The minimum atomic E-state index is -0.225. The molecule has 2 aromatic rings. The zero-order valence-corrected chi connectivity index (χ0v) is 14.6. The second-order valence-corrected chi connectivity index (χ2v) is 5.55. The Morgan fingerprint density at radius 2 is 2.08 bits per heavy atom. The van der Waals surface area contributed by atoms with Gasteiger partial charge in [-0.15, -0.1) is 0 Å². The molecule has 2 aromatic heterocycles. The van der Waals surface area contributed by atoms with Gasteiger partial charge in [0.05, 0.1) is 12.1 Å². The molecule has 0 saturated heterocycles. The van der Waals surface area contributed by atoms with Crippen LogP contribution in [0.4, 0.5) is 11.8 Å². The number of nitrogens with one attached hydrogen (secondary N) is 1. The van der Waals surface area contributed by atoms with Crippen LogP contribution in [0, 0.1) is 0 Å². The van der Waals surface area contributed by atoms with Crippen LogP contribution in [0.5, 0.6) is 0 Å². The predicted molar refractivity (Wildman–Crippen MR) is 92.2 cm³/mol. The number of amides is 1. The van der Waals surface area contributed by atoms with Gasteiger partial charge in [-0.1, -0.05) is 6.92 Å². The van der Waals surface area contributed by atoms with Gasteiger partial charge in [0.1, 0.15) is 5.82 Å². The summed E-state index contributed by atoms with van der Waals surface area (Å²) in [5.41, 5.74) is 0.499. The van der Waals surface area contributed by atoms with Crippen LogP contribution < -0.4 is 15.1 Å². The lowest BCUT2D eigenvalue weighted by atomic mass is 10.2. The monoisotopic (exact) mass is 332 g/mol. The second-order valence-electron chi connectivity index (χ2n) is 5.55. The van der Waals surface area contributed by atoms with E-state index in [2.05, 4.69) is 39.2 Å². The van der Waals surface area contributed by atoms with Crippen LogP contribution in [-0.4, -0.2) is 48.2 Å². The van der Waals surface area contributed by atoms with Gasteiger partial charge in [0.15, 0.2) is 0 Å². The number of anilines is 2. The van der Waals surface area contributed by atoms with E-state index in [4.69, 9.17) is 4.52 Å². The molecule has 0 spiro atoms. The highest BCUT2D eigenvalue weighted by molar-refractivity contribution is 5.93. The number of hydrogen-bond donors (Lipinski definition) is 1. The van der Waals surface area contributed by atoms with E-state index < -0.39 is 0 Å². The van der Waals surface area contributed by atoms with Crippen molar-refractivity contribution in [1.29, 1.82) is 0 Å². The highest BCUT2D eigenvalue weighted by Crippen LogP contribution is 2.12. The molecule has 130 valence electrons. The third kappa shape index (κ3) is 4.43. The van der Waals surface area contributed by atoms with Crippen LogP contribution in [-0.2, 0) is 6.54 Å². The van der Waals surface area contributed by atoms with Crippen molar-refractivity contribution in [2.75, 3.05) is 37.0 Å². The van der Waals surface area contributed by atoms with Crippen molar-refractivity contribution >= 4 is 17.7 Å². The topological polar surface area (TPSA) is 87.4 Å². The van der Waals surface area contributed by atoms with Crippen molar-refractivity contribution in [1.82, 2.24) is 20.4 Å². The SMILES string of the molecule is CCCN(CC)c1ccc(C(=O)NCc2nc(N(C)C)no2)cn1. The van der Waals surface area contributed by atoms with Crippen molar-refractivity contribution in [2.24, 2.45) is 0 Å². The van der Waals surface area contributed by atoms with E-state index >= 15 is 0 Å². The summed E-state index contributed by atoms with van der Waals surface area (Å²) in [7, 11) is 3.64. The third-order valence-electron chi connectivity index (χ3n) is 3.47. The summed E-state index contributed by atoms with van der Waals surface area (Å²) in [6, 6.07) is 3.64. The number of rotatable bonds is 8. The van der Waals surface area contributed by atoms with Gasteiger partial charge in [-0.05, 0) is 30.6 Å². The maximum Gasteiger partial charge on any atom is 0.265 e. The van der Waals surface area contributed by atoms with Crippen LogP contribution in [0.2, 0.25) is 0 Å². The minimum Gasteiger partial charge on any atom is -0.357 e. The molecular weight excluding hydrogens is 308 g/mol. The van der Waals surface area contributed by atoms with Crippen LogP contribution in [0.25, 0.3) is 0 Å². The summed E-state index contributed by atoms with van der Waals surface area (Å²) in [6.45, 7) is 6.23.